The summed E-state index contributed by atoms with van der Waals surface area (Å²) in [6.45, 7) is 3.82. The first-order chi connectivity index (χ1) is 9.31. The van der Waals surface area contributed by atoms with Crippen LogP contribution in [0, 0.1) is 5.82 Å². The predicted octanol–water partition coefficient (Wildman–Crippen LogP) is 4.38. The molecule has 0 saturated carbocycles. The van der Waals surface area contributed by atoms with Gasteiger partial charge in [-0.15, -0.1) is 0 Å². The van der Waals surface area contributed by atoms with Gasteiger partial charge in [0.15, 0.2) is 0 Å². The van der Waals surface area contributed by atoms with E-state index in [0.717, 1.165) is 5.56 Å². The van der Waals surface area contributed by atoms with Crippen LogP contribution in [0.15, 0.2) is 54.6 Å². The molecule has 0 aliphatic rings. The van der Waals surface area contributed by atoms with Crippen LogP contribution >= 0.6 is 0 Å². The van der Waals surface area contributed by atoms with E-state index in [4.69, 9.17) is 0 Å². The molecule has 100 valence electrons. The zero-order chi connectivity index (χ0) is 14.1. The van der Waals surface area contributed by atoms with Gasteiger partial charge in [-0.1, -0.05) is 62.4 Å². The molecule has 19 heavy (non-hydrogen) atoms. The van der Waals surface area contributed by atoms with Crippen molar-refractivity contribution in [1.82, 2.24) is 0 Å². The van der Waals surface area contributed by atoms with Gasteiger partial charge in [-0.2, -0.15) is 0 Å². The van der Waals surface area contributed by atoms with Crippen LogP contribution in [0.2, 0.25) is 0 Å². The molecular formula is C17H19FO. The Hall–Kier alpha value is -1.93. The zero-order valence-electron chi connectivity index (χ0n) is 11.3. The van der Waals surface area contributed by atoms with Crippen LogP contribution in [0.1, 0.15) is 25.0 Å². The van der Waals surface area contributed by atoms with Gasteiger partial charge in [-0.3, -0.25) is 0 Å². The normalized spacial score (nSPS) is 10.6. The standard InChI is InChI=1S/C15H13FO.C2H6/c16-15-9-5-4-8-14(15)13(11-17)10-12-6-2-1-3-7-12;1-2/h1-10,17H,11H2;1-2H3/b13-10-;. The predicted molar refractivity (Wildman–Crippen MR) is 79.1 cm³/mol. The summed E-state index contributed by atoms with van der Waals surface area (Å²) in [6.07, 6.45) is 1.79. The van der Waals surface area contributed by atoms with Crippen molar-refractivity contribution in [3.63, 3.8) is 0 Å². The van der Waals surface area contributed by atoms with Crippen molar-refractivity contribution in [1.29, 1.82) is 0 Å². The van der Waals surface area contributed by atoms with E-state index < -0.39 is 0 Å². The first-order valence-electron chi connectivity index (χ1n) is 6.42. The Morgan fingerprint density at radius 2 is 1.58 bits per heavy atom. The van der Waals surface area contributed by atoms with Gasteiger partial charge in [0.25, 0.3) is 0 Å². The van der Waals surface area contributed by atoms with Crippen LogP contribution in [0.3, 0.4) is 0 Å². The first-order valence-corrected chi connectivity index (χ1v) is 6.42. The average molecular weight is 258 g/mol. The molecule has 2 aromatic rings. The van der Waals surface area contributed by atoms with E-state index in [0.29, 0.717) is 11.1 Å². The van der Waals surface area contributed by atoms with Crippen LogP contribution < -0.4 is 0 Å². The number of halogens is 1. The number of aliphatic hydroxyl groups excluding tert-OH is 1. The van der Waals surface area contributed by atoms with Crippen LogP contribution in [0.25, 0.3) is 11.6 Å². The van der Waals surface area contributed by atoms with Crippen molar-refractivity contribution in [2.24, 2.45) is 0 Å². The molecule has 0 aliphatic carbocycles. The van der Waals surface area contributed by atoms with Crippen LogP contribution in [0.5, 0.6) is 0 Å². The van der Waals surface area contributed by atoms with Gasteiger partial charge in [-0.05, 0) is 23.3 Å². The fourth-order valence-electron chi connectivity index (χ4n) is 1.68. The van der Waals surface area contributed by atoms with Gasteiger partial charge in [0.1, 0.15) is 5.82 Å². The lowest BCUT2D eigenvalue weighted by Crippen LogP contribution is -1.94. The summed E-state index contributed by atoms with van der Waals surface area (Å²) in [6, 6.07) is 16.0. The largest absolute Gasteiger partial charge is 0.392 e. The lowest BCUT2D eigenvalue weighted by atomic mass is 10.0. The van der Waals surface area contributed by atoms with Crippen molar-refractivity contribution >= 4 is 11.6 Å². The average Bonchev–Trinajstić information content (AvgIpc) is 2.49. The van der Waals surface area contributed by atoms with Crippen LogP contribution in [-0.4, -0.2) is 11.7 Å². The van der Waals surface area contributed by atoms with Gasteiger partial charge in [-0.25, -0.2) is 4.39 Å². The zero-order valence-corrected chi connectivity index (χ0v) is 11.3. The number of rotatable bonds is 3. The van der Waals surface area contributed by atoms with Gasteiger partial charge in [0.2, 0.25) is 0 Å². The Morgan fingerprint density at radius 3 is 2.16 bits per heavy atom. The molecule has 2 rings (SSSR count). The highest BCUT2D eigenvalue weighted by Gasteiger charge is 2.05. The van der Waals surface area contributed by atoms with Crippen molar-refractivity contribution in [3.05, 3.63) is 71.5 Å². The van der Waals surface area contributed by atoms with Crippen molar-refractivity contribution in [3.8, 4) is 0 Å². The SMILES string of the molecule is CC.OC/C(=C/c1ccccc1)c1ccccc1F. The number of hydrogen-bond acceptors (Lipinski definition) is 1. The highest BCUT2D eigenvalue weighted by molar-refractivity contribution is 5.82. The summed E-state index contributed by atoms with van der Waals surface area (Å²) in [5, 5.41) is 9.33. The van der Waals surface area contributed by atoms with E-state index in [1.165, 1.54) is 6.07 Å². The molecular weight excluding hydrogens is 239 g/mol. The van der Waals surface area contributed by atoms with E-state index in [9.17, 15) is 9.50 Å². The summed E-state index contributed by atoms with van der Waals surface area (Å²) in [5.41, 5.74) is 1.97. The maximum atomic E-state index is 13.6. The summed E-state index contributed by atoms with van der Waals surface area (Å²) in [4.78, 5) is 0. The Kier molecular flexibility index (Phi) is 6.55. The quantitative estimate of drug-likeness (QED) is 0.810. The fraction of sp³-hybridized carbons (Fsp3) is 0.176. The summed E-state index contributed by atoms with van der Waals surface area (Å²) in [7, 11) is 0. The molecule has 0 aliphatic heterocycles. The molecule has 2 heteroatoms. The molecule has 0 saturated heterocycles. The van der Waals surface area contributed by atoms with Crippen molar-refractivity contribution in [2.75, 3.05) is 6.61 Å². The minimum atomic E-state index is -0.316. The minimum Gasteiger partial charge on any atom is -0.392 e. The smallest absolute Gasteiger partial charge is 0.130 e. The fourth-order valence-corrected chi connectivity index (χ4v) is 1.68. The second kappa shape index (κ2) is 8.22. The van der Waals surface area contributed by atoms with Gasteiger partial charge in [0, 0.05) is 5.56 Å². The molecule has 0 spiro atoms. The lowest BCUT2D eigenvalue weighted by molar-refractivity contribution is 0.350. The number of hydrogen-bond donors (Lipinski definition) is 1. The summed E-state index contributed by atoms with van der Waals surface area (Å²) >= 11 is 0. The van der Waals surface area contributed by atoms with Crippen LogP contribution in [-0.2, 0) is 0 Å². The molecule has 0 amide bonds. The molecule has 0 radical (unpaired) electrons. The van der Waals surface area contributed by atoms with E-state index in [-0.39, 0.29) is 12.4 Å². The third-order valence-corrected chi connectivity index (χ3v) is 2.53. The Balaban J connectivity index is 0.000000861. The molecule has 0 unspecified atom stereocenters. The van der Waals surface area contributed by atoms with E-state index >= 15 is 0 Å². The number of aliphatic hydroxyl groups is 1. The summed E-state index contributed by atoms with van der Waals surface area (Å²) < 4.78 is 13.6. The minimum absolute atomic E-state index is 0.185. The van der Waals surface area contributed by atoms with Gasteiger partial charge in [0.05, 0.1) is 6.61 Å². The maximum Gasteiger partial charge on any atom is 0.130 e. The highest BCUT2D eigenvalue weighted by atomic mass is 19.1. The van der Waals surface area contributed by atoms with E-state index in [1.54, 1.807) is 24.3 Å². The van der Waals surface area contributed by atoms with Gasteiger partial charge < -0.3 is 5.11 Å². The Bertz CT molecular complexity index is 518. The van der Waals surface area contributed by atoms with E-state index in [1.807, 2.05) is 44.2 Å². The molecule has 0 atom stereocenters. The second-order valence-electron chi connectivity index (χ2n) is 3.72. The second-order valence-corrected chi connectivity index (χ2v) is 3.72. The monoisotopic (exact) mass is 258 g/mol. The number of benzene rings is 2. The van der Waals surface area contributed by atoms with Crippen molar-refractivity contribution < 1.29 is 9.50 Å². The maximum absolute atomic E-state index is 13.6. The molecule has 0 fully saturated rings. The lowest BCUT2D eigenvalue weighted by Gasteiger charge is -2.06. The molecule has 0 heterocycles. The molecule has 2 aromatic carbocycles. The molecule has 1 N–H and O–H groups in total. The van der Waals surface area contributed by atoms with Crippen molar-refractivity contribution in [2.45, 2.75) is 13.8 Å². The molecule has 1 nitrogen and oxygen atoms in total. The summed E-state index contributed by atoms with van der Waals surface area (Å²) in [5.74, 6) is -0.316. The first kappa shape index (κ1) is 15.1. The van der Waals surface area contributed by atoms with E-state index in [2.05, 4.69) is 0 Å². The highest BCUT2D eigenvalue weighted by Crippen LogP contribution is 2.20. The molecule has 0 bridgehead atoms. The Labute approximate surface area is 114 Å². The third kappa shape index (κ3) is 4.34. The van der Waals surface area contributed by atoms with Crippen LogP contribution in [0.4, 0.5) is 4.39 Å². The topological polar surface area (TPSA) is 20.2 Å². The van der Waals surface area contributed by atoms with Gasteiger partial charge >= 0.3 is 0 Å². The molecule has 0 aromatic heterocycles. The third-order valence-electron chi connectivity index (χ3n) is 2.53. The Morgan fingerprint density at radius 1 is 1.00 bits per heavy atom.